The molecular weight excluding hydrogens is 352 g/mol. The van der Waals surface area contributed by atoms with E-state index in [0.717, 1.165) is 31.7 Å². The van der Waals surface area contributed by atoms with E-state index in [9.17, 15) is 8.42 Å². The third kappa shape index (κ3) is 4.66. The van der Waals surface area contributed by atoms with Crippen LogP contribution in [0.3, 0.4) is 0 Å². The maximum Gasteiger partial charge on any atom is 0.240 e. The van der Waals surface area contributed by atoms with Gasteiger partial charge in [-0.1, -0.05) is 0 Å². The lowest BCUT2D eigenvalue weighted by Crippen LogP contribution is -2.36. The van der Waals surface area contributed by atoms with Crippen LogP contribution in [0.5, 0.6) is 5.75 Å². The fourth-order valence-electron chi connectivity index (χ4n) is 3.19. The van der Waals surface area contributed by atoms with Crippen molar-refractivity contribution in [3.8, 4) is 5.75 Å². The summed E-state index contributed by atoms with van der Waals surface area (Å²) in [5.41, 5.74) is 0. The standard InChI is InChI=1S/C19H26N2O4S/c1-15(2)25-16-7-9-17(10-8-16)26(22,23)20-14-18(19-6-5-13-24-19)21-11-3-4-12-21/h5-10,13,15,18,20H,3-4,11-12,14H2,1-2H3. The van der Waals surface area contributed by atoms with Gasteiger partial charge in [0.15, 0.2) is 0 Å². The van der Waals surface area contributed by atoms with Gasteiger partial charge < -0.3 is 9.15 Å². The van der Waals surface area contributed by atoms with E-state index in [1.165, 1.54) is 0 Å². The molecule has 0 bridgehead atoms. The number of nitrogens with one attached hydrogen (secondary N) is 1. The zero-order valence-corrected chi connectivity index (χ0v) is 16.0. The van der Waals surface area contributed by atoms with Gasteiger partial charge in [0, 0.05) is 6.54 Å². The summed E-state index contributed by atoms with van der Waals surface area (Å²) in [4.78, 5) is 2.49. The molecule has 0 radical (unpaired) electrons. The Morgan fingerprint density at radius 1 is 1.15 bits per heavy atom. The predicted molar refractivity (Wildman–Crippen MR) is 99.7 cm³/mol. The molecular formula is C19H26N2O4S. The number of sulfonamides is 1. The van der Waals surface area contributed by atoms with Crippen molar-refractivity contribution >= 4 is 10.0 Å². The van der Waals surface area contributed by atoms with Crippen LogP contribution >= 0.6 is 0 Å². The van der Waals surface area contributed by atoms with Crippen LogP contribution in [0.4, 0.5) is 0 Å². The molecule has 1 unspecified atom stereocenters. The lowest BCUT2D eigenvalue weighted by atomic mass is 10.2. The van der Waals surface area contributed by atoms with E-state index >= 15 is 0 Å². The van der Waals surface area contributed by atoms with E-state index in [2.05, 4.69) is 9.62 Å². The van der Waals surface area contributed by atoms with Crippen LogP contribution in [-0.4, -0.2) is 39.1 Å². The third-order valence-corrected chi connectivity index (χ3v) is 5.87. The molecule has 2 aromatic rings. The van der Waals surface area contributed by atoms with E-state index in [4.69, 9.17) is 9.15 Å². The second-order valence-electron chi connectivity index (χ2n) is 6.76. The fourth-order valence-corrected chi connectivity index (χ4v) is 4.22. The highest BCUT2D eigenvalue weighted by atomic mass is 32.2. The SMILES string of the molecule is CC(C)Oc1ccc(S(=O)(=O)NCC(c2ccco2)N2CCCC2)cc1. The Morgan fingerprint density at radius 3 is 2.42 bits per heavy atom. The number of furan rings is 1. The molecule has 1 saturated heterocycles. The van der Waals surface area contributed by atoms with Gasteiger partial charge in [0.1, 0.15) is 11.5 Å². The van der Waals surface area contributed by atoms with Gasteiger partial charge in [-0.25, -0.2) is 13.1 Å². The van der Waals surface area contributed by atoms with Crippen molar-refractivity contribution in [2.75, 3.05) is 19.6 Å². The first-order valence-corrected chi connectivity index (χ1v) is 10.5. The Balaban J connectivity index is 1.69. The number of rotatable bonds is 8. The zero-order valence-electron chi connectivity index (χ0n) is 15.2. The lowest BCUT2D eigenvalue weighted by molar-refractivity contribution is 0.216. The summed E-state index contributed by atoms with van der Waals surface area (Å²) in [5, 5.41) is 0. The second-order valence-corrected chi connectivity index (χ2v) is 8.53. The molecule has 1 aliphatic heterocycles. The minimum atomic E-state index is -3.60. The van der Waals surface area contributed by atoms with Gasteiger partial charge in [0.05, 0.1) is 23.3 Å². The Hall–Kier alpha value is -1.83. The molecule has 7 heteroatoms. The van der Waals surface area contributed by atoms with Crippen LogP contribution in [0, 0.1) is 0 Å². The number of hydrogen-bond acceptors (Lipinski definition) is 5. The number of benzene rings is 1. The molecule has 1 fully saturated rings. The van der Waals surface area contributed by atoms with Crippen molar-refractivity contribution in [3.63, 3.8) is 0 Å². The van der Waals surface area contributed by atoms with Crippen molar-refractivity contribution in [1.29, 1.82) is 0 Å². The number of ether oxygens (including phenoxy) is 1. The van der Waals surface area contributed by atoms with Crippen molar-refractivity contribution in [3.05, 3.63) is 48.4 Å². The molecule has 1 aliphatic rings. The molecule has 142 valence electrons. The third-order valence-electron chi connectivity index (χ3n) is 4.43. The average molecular weight is 378 g/mol. The van der Waals surface area contributed by atoms with Crippen molar-refractivity contribution in [2.24, 2.45) is 0 Å². The summed E-state index contributed by atoms with van der Waals surface area (Å²) in [6.07, 6.45) is 3.92. The number of nitrogens with zero attached hydrogens (tertiary/aromatic N) is 1. The van der Waals surface area contributed by atoms with E-state index in [-0.39, 0.29) is 23.6 Å². The normalized spacial score (nSPS) is 16.9. The van der Waals surface area contributed by atoms with Crippen LogP contribution in [0.2, 0.25) is 0 Å². The summed E-state index contributed by atoms with van der Waals surface area (Å²) < 4.78 is 39.1. The molecule has 1 atom stereocenters. The largest absolute Gasteiger partial charge is 0.491 e. The maximum atomic E-state index is 12.7. The first-order valence-electron chi connectivity index (χ1n) is 8.99. The topological polar surface area (TPSA) is 71.8 Å². The highest BCUT2D eigenvalue weighted by Gasteiger charge is 2.27. The monoisotopic (exact) mass is 378 g/mol. The van der Waals surface area contributed by atoms with Crippen LogP contribution in [-0.2, 0) is 10.0 Å². The predicted octanol–water partition coefficient (Wildman–Crippen LogP) is 3.18. The molecule has 1 N–H and O–H groups in total. The zero-order chi connectivity index (χ0) is 18.6. The van der Waals surface area contributed by atoms with E-state index in [1.54, 1.807) is 30.5 Å². The van der Waals surface area contributed by atoms with E-state index < -0.39 is 10.0 Å². The Kier molecular flexibility index (Phi) is 6.01. The smallest absolute Gasteiger partial charge is 0.240 e. The maximum absolute atomic E-state index is 12.7. The van der Waals surface area contributed by atoms with Gasteiger partial charge in [0.25, 0.3) is 0 Å². The Morgan fingerprint density at radius 2 is 1.85 bits per heavy atom. The lowest BCUT2D eigenvalue weighted by Gasteiger charge is -2.26. The number of hydrogen-bond donors (Lipinski definition) is 1. The Labute approximate surface area is 155 Å². The van der Waals surface area contributed by atoms with Crippen LogP contribution in [0.25, 0.3) is 0 Å². The van der Waals surface area contributed by atoms with Crippen molar-refractivity contribution in [1.82, 2.24) is 9.62 Å². The van der Waals surface area contributed by atoms with E-state index in [1.807, 2.05) is 26.0 Å². The average Bonchev–Trinajstić information content (AvgIpc) is 3.29. The van der Waals surface area contributed by atoms with Crippen LogP contribution in [0.1, 0.15) is 38.5 Å². The molecule has 0 amide bonds. The molecule has 1 aromatic carbocycles. The summed E-state index contributed by atoms with van der Waals surface area (Å²) in [7, 11) is -3.60. The van der Waals surface area contributed by atoms with E-state index in [0.29, 0.717) is 5.75 Å². The van der Waals surface area contributed by atoms with Gasteiger partial charge in [0.2, 0.25) is 10.0 Å². The molecule has 6 nitrogen and oxygen atoms in total. The molecule has 3 rings (SSSR count). The van der Waals surface area contributed by atoms with Gasteiger partial charge in [-0.15, -0.1) is 0 Å². The minimum absolute atomic E-state index is 0.0464. The second kappa shape index (κ2) is 8.24. The highest BCUT2D eigenvalue weighted by Crippen LogP contribution is 2.25. The first-order chi connectivity index (χ1) is 12.5. The van der Waals surface area contributed by atoms with Gasteiger partial charge in [-0.05, 0) is 76.2 Å². The molecule has 0 aliphatic carbocycles. The van der Waals surface area contributed by atoms with Crippen LogP contribution < -0.4 is 9.46 Å². The summed E-state index contributed by atoms with van der Waals surface area (Å²) >= 11 is 0. The quantitative estimate of drug-likeness (QED) is 0.764. The van der Waals surface area contributed by atoms with Crippen molar-refractivity contribution in [2.45, 2.75) is 43.7 Å². The van der Waals surface area contributed by atoms with Gasteiger partial charge in [-0.2, -0.15) is 0 Å². The van der Waals surface area contributed by atoms with Crippen molar-refractivity contribution < 1.29 is 17.6 Å². The molecule has 2 heterocycles. The summed E-state index contributed by atoms with van der Waals surface area (Å²) in [5.74, 6) is 1.44. The minimum Gasteiger partial charge on any atom is -0.491 e. The highest BCUT2D eigenvalue weighted by molar-refractivity contribution is 7.89. The van der Waals surface area contributed by atoms with Gasteiger partial charge in [-0.3, -0.25) is 4.90 Å². The summed E-state index contributed by atoms with van der Waals surface area (Å²) in [6, 6.07) is 10.1. The fraction of sp³-hybridized carbons (Fsp3) is 0.474. The van der Waals surface area contributed by atoms with Crippen LogP contribution in [0.15, 0.2) is 52.0 Å². The summed E-state index contributed by atoms with van der Waals surface area (Å²) in [6.45, 7) is 6.04. The first kappa shape index (κ1) is 18.9. The molecule has 0 spiro atoms. The molecule has 0 saturated carbocycles. The molecule has 1 aromatic heterocycles. The van der Waals surface area contributed by atoms with Gasteiger partial charge >= 0.3 is 0 Å². The molecule has 26 heavy (non-hydrogen) atoms. The Bertz CT molecular complexity index is 779. The number of likely N-dealkylation sites (tertiary alicyclic amines) is 1.